The van der Waals surface area contributed by atoms with Gasteiger partial charge in [0.15, 0.2) is 0 Å². The minimum atomic E-state index is -0.595. The molecule has 1 spiro atoms. The number of aliphatic hydroxyl groups is 1. The maximum Gasteiger partial charge on any atom is 0.272 e. The number of fused-ring (bicyclic) bond motifs is 2. The van der Waals surface area contributed by atoms with Crippen molar-refractivity contribution in [3.8, 4) is 0 Å². The van der Waals surface area contributed by atoms with E-state index < -0.39 is 6.10 Å². The Morgan fingerprint density at radius 2 is 2.04 bits per heavy atom. The average molecular weight is 354 g/mol. The molecule has 0 radical (unpaired) electrons. The molecule has 1 aliphatic heterocycles. The van der Waals surface area contributed by atoms with Crippen molar-refractivity contribution >= 4 is 5.91 Å². The minimum Gasteiger partial charge on any atom is -0.390 e. The summed E-state index contributed by atoms with van der Waals surface area (Å²) in [6.07, 6.45) is 3.48. The molecule has 6 nitrogen and oxygen atoms in total. The molecule has 2 aromatic rings. The van der Waals surface area contributed by atoms with Crippen LogP contribution in [0.5, 0.6) is 0 Å². The Morgan fingerprint density at radius 3 is 2.77 bits per heavy atom. The van der Waals surface area contributed by atoms with Gasteiger partial charge < -0.3 is 15.7 Å². The highest BCUT2D eigenvalue weighted by Crippen LogP contribution is 2.50. The van der Waals surface area contributed by atoms with Gasteiger partial charge in [-0.05, 0) is 36.5 Å². The summed E-state index contributed by atoms with van der Waals surface area (Å²) in [5, 5.41) is 15.1. The first kappa shape index (κ1) is 17.2. The van der Waals surface area contributed by atoms with Crippen LogP contribution in [-0.2, 0) is 12.0 Å². The number of nitrogens with zero attached hydrogens (tertiary/aromatic N) is 3. The highest BCUT2D eigenvalue weighted by atomic mass is 16.3. The molecule has 1 amide bonds. The summed E-state index contributed by atoms with van der Waals surface area (Å²) in [6, 6.07) is 9.51. The fraction of sp³-hybridized carbons (Fsp3) is 0.500. The van der Waals surface area contributed by atoms with Crippen molar-refractivity contribution in [1.82, 2.24) is 14.7 Å². The lowest BCUT2D eigenvalue weighted by molar-refractivity contribution is 0.0258. The van der Waals surface area contributed by atoms with Gasteiger partial charge in [0.25, 0.3) is 5.91 Å². The molecule has 1 aromatic carbocycles. The van der Waals surface area contributed by atoms with Gasteiger partial charge in [-0.15, -0.1) is 0 Å². The third kappa shape index (κ3) is 2.47. The van der Waals surface area contributed by atoms with Gasteiger partial charge >= 0.3 is 0 Å². The second-order valence-corrected chi connectivity index (χ2v) is 7.45. The molecule has 2 heterocycles. The van der Waals surface area contributed by atoms with E-state index >= 15 is 0 Å². The monoisotopic (exact) mass is 354 g/mol. The summed E-state index contributed by atoms with van der Waals surface area (Å²) in [6.45, 7) is 4.05. The number of aromatic nitrogens is 2. The van der Waals surface area contributed by atoms with Crippen LogP contribution in [0.15, 0.2) is 36.5 Å². The largest absolute Gasteiger partial charge is 0.390 e. The normalized spacial score (nSPS) is 24.0. The number of amides is 1. The molecule has 0 saturated carbocycles. The predicted molar refractivity (Wildman–Crippen MR) is 98.7 cm³/mol. The third-order valence-corrected chi connectivity index (χ3v) is 6.08. The van der Waals surface area contributed by atoms with Crippen molar-refractivity contribution in [2.24, 2.45) is 5.73 Å². The van der Waals surface area contributed by atoms with E-state index in [-0.39, 0.29) is 17.4 Å². The second kappa shape index (κ2) is 6.52. The van der Waals surface area contributed by atoms with Crippen molar-refractivity contribution in [3.05, 3.63) is 53.3 Å². The van der Waals surface area contributed by atoms with E-state index in [1.807, 2.05) is 23.1 Å². The van der Waals surface area contributed by atoms with E-state index in [4.69, 9.17) is 5.73 Å². The molecule has 2 aliphatic rings. The van der Waals surface area contributed by atoms with Crippen LogP contribution in [0.4, 0.5) is 0 Å². The lowest BCUT2D eigenvalue weighted by Gasteiger charge is -2.42. The number of nitrogens with two attached hydrogens (primary N) is 1. The van der Waals surface area contributed by atoms with E-state index in [9.17, 15) is 9.90 Å². The van der Waals surface area contributed by atoms with E-state index in [0.29, 0.717) is 18.8 Å². The molecule has 1 saturated heterocycles. The van der Waals surface area contributed by atoms with Crippen LogP contribution in [0.2, 0.25) is 0 Å². The van der Waals surface area contributed by atoms with Crippen molar-refractivity contribution in [2.45, 2.75) is 50.3 Å². The minimum absolute atomic E-state index is 0.0240. The lowest BCUT2D eigenvalue weighted by atomic mass is 9.72. The van der Waals surface area contributed by atoms with Gasteiger partial charge in [-0.2, -0.15) is 5.10 Å². The molecule has 1 aromatic heterocycles. The number of aliphatic hydroxyl groups excluding tert-OH is 1. The number of likely N-dealkylation sites (tertiary alicyclic amines) is 1. The number of benzene rings is 1. The number of hydrogen-bond acceptors (Lipinski definition) is 4. The van der Waals surface area contributed by atoms with Gasteiger partial charge in [-0.1, -0.05) is 31.2 Å². The van der Waals surface area contributed by atoms with Crippen LogP contribution < -0.4 is 5.73 Å². The van der Waals surface area contributed by atoms with Crippen molar-refractivity contribution in [1.29, 1.82) is 0 Å². The second-order valence-electron chi connectivity index (χ2n) is 7.45. The van der Waals surface area contributed by atoms with Crippen LogP contribution in [0.25, 0.3) is 0 Å². The summed E-state index contributed by atoms with van der Waals surface area (Å²) in [7, 11) is 0. The van der Waals surface area contributed by atoms with Crippen LogP contribution in [0.3, 0.4) is 0 Å². The third-order valence-electron chi connectivity index (χ3n) is 6.08. The first-order valence-corrected chi connectivity index (χ1v) is 9.42. The highest BCUT2D eigenvalue weighted by Gasteiger charge is 2.51. The van der Waals surface area contributed by atoms with Gasteiger partial charge in [0.1, 0.15) is 5.69 Å². The maximum absolute atomic E-state index is 12.9. The zero-order chi connectivity index (χ0) is 18.3. The molecule has 3 N–H and O–H groups in total. The topological polar surface area (TPSA) is 84.4 Å². The maximum atomic E-state index is 12.9. The van der Waals surface area contributed by atoms with E-state index in [0.717, 1.165) is 36.9 Å². The molecule has 4 rings (SSSR count). The Labute approximate surface area is 153 Å². The molecule has 1 fully saturated rings. The van der Waals surface area contributed by atoms with E-state index in [1.54, 1.807) is 16.9 Å². The Morgan fingerprint density at radius 1 is 1.31 bits per heavy atom. The van der Waals surface area contributed by atoms with Gasteiger partial charge in [-0.25, -0.2) is 0 Å². The van der Waals surface area contributed by atoms with E-state index in [2.05, 4.69) is 18.1 Å². The Balaban J connectivity index is 1.54. The van der Waals surface area contributed by atoms with Gasteiger partial charge in [0.2, 0.25) is 0 Å². The zero-order valence-electron chi connectivity index (χ0n) is 15.1. The fourth-order valence-corrected chi connectivity index (χ4v) is 4.65. The summed E-state index contributed by atoms with van der Waals surface area (Å²) >= 11 is 0. The summed E-state index contributed by atoms with van der Waals surface area (Å²) in [5.74, 6) is 0.0240. The van der Waals surface area contributed by atoms with Crippen LogP contribution in [0.1, 0.15) is 53.8 Å². The van der Waals surface area contributed by atoms with Gasteiger partial charge in [-0.3, -0.25) is 9.48 Å². The average Bonchev–Trinajstić information content (AvgIpc) is 3.21. The van der Waals surface area contributed by atoms with Crippen LogP contribution in [0, 0.1) is 0 Å². The number of carbonyl (C=O) groups excluding carboxylic acids is 1. The number of rotatable bonds is 3. The number of aryl methyl sites for hydroxylation is 1. The van der Waals surface area contributed by atoms with Crippen molar-refractivity contribution < 1.29 is 9.90 Å². The molecule has 0 unspecified atom stereocenters. The Bertz CT molecular complexity index is 808. The van der Waals surface area contributed by atoms with Crippen LogP contribution in [-0.4, -0.2) is 44.9 Å². The van der Waals surface area contributed by atoms with Crippen LogP contribution >= 0.6 is 0 Å². The Kier molecular flexibility index (Phi) is 4.32. The highest BCUT2D eigenvalue weighted by molar-refractivity contribution is 5.92. The standard InChI is InChI=1S/C20H26N4O2/c1-2-11-24-16(7-10-22-24)19(26)23-12-8-20(9-13-23)15-6-4-3-5-14(15)17(21)18(20)25/h3-7,10,17-18,25H,2,8-9,11-13,21H2,1H3/t17-,18+/m1/s1. The molecular formula is C20H26N4O2. The molecule has 6 heteroatoms. The Hall–Kier alpha value is -2.18. The molecule has 138 valence electrons. The van der Waals surface area contributed by atoms with Crippen molar-refractivity contribution in [2.75, 3.05) is 13.1 Å². The molecule has 1 aliphatic carbocycles. The molecular weight excluding hydrogens is 328 g/mol. The summed E-state index contributed by atoms with van der Waals surface area (Å²) in [4.78, 5) is 14.8. The number of piperidine rings is 1. The SMILES string of the molecule is CCCn1nccc1C(=O)N1CCC2(CC1)c1ccccc1[C@@H](N)[C@@H]2O. The van der Waals surface area contributed by atoms with Gasteiger partial charge in [0, 0.05) is 31.2 Å². The number of carbonyl (C=O) groups is 1. The summed E-state index contributed by atoms with van der Waals surface area (Å²) in [5.41, 5.74) is 8.78. The first-order chi connectivity index (χ1) is 12.6. The smallest absolute Gasteiger partial charge is 0.272 e. The summed E-state index contributed by atoms with van der Waals surface area (Å²) < 4.78 is 1.78. The van der Waals surface area contributed by atoms with E-state index in [1.165, 1.54) is 0 Å². The zero-order valence-corrected chi connectivity index (χ0v) is 15.1. The fourth-order valence-electron chi connectivity index (χ4n) is 4.65. The van der Waals surface area contributed by atoms with Gasteiger partial charge in [0.05, 0.1) is 12.1 Å². The predicted octanol–water partition coefficient (Wildman–Crippen LogP) is 1.84. The molecule has 0 bridgehead atoms. The lowest BCUT2D eigenvalue weighted by Crippen LogP contribution is -2.50. The first-order valence-electron chi connectivity index (χ1n) is 9.42. The molecule has 26 heavy (non-hydrogen) atoms. The number of hydrogen-bond donors (Lipinski definition) is 2. The molecule has 2 atom stereocenters. The van der Waals surface area contributed by atoms with Crippen molar-refractivity contribution in [3.63, 3.8) is 0 Å². The quantitative estimate of drug-likeness (QED) is 0.881.